The lowest BCUT2D eigenvalue weighted by Crippen LogP contribution is -2.24. The lowest BCUT2D eigenvalue weighted by molar-refractivity contribution is -0.120. The minimum atomic E-state index is -0.0127. The van der Waals surface area contributed by atoms with E-state index in [2.05, 4.69) is 10.3 Å². The highest BCUT2D eigenvalue weighted by molar-refractivity contribution is 5.78. The van der Waals surface area contributed by atoms with Gasteiger partial charge in [-0.15, -0.1) is 0 Å². The molecule has 1 amide bonds. The molecule has 4 nitrogen and oxygen atoms in total. The van der Waals surface area contributed by atoms with Gasteiger partial charge in [0.05, 0.1) is 18.7 Å². The van der Waals surface area contributed by atoms with Crippen LogP contribution in [0.5, 0.6) is 0 Å². The highest BCUT2D eigenvalue weighted by Crippen LogP contribution is 2.05. The molecule has 1 aromatic carbocycles. The Bertz CT molecular complexity index is 546. The zero-order chi connectivity index (χ0) is 13.0. The van der Waals surface area contributed by atoms with E-state index < -0.39 is 0 Å². The molecule has 0 bridgehead atoms. The van der Waals surface area contributed by atoms with Crippen molar-refractivity contribution in [1.82, 2.24) is 10.3 Å². The summed E-state index contributed by atoms with van der Waals surface area (Å²) in [6.07, 6.45) is 1.95. The smallest absolute Gasteiger partial charge is 0.224 e. The molecule has 0 aliphatic heterocycles. The van der Waals surface area contributed by atoms with Crippen molar-refractivity contribution in [2.24, 2.45) is 0 Å². The number of aryl methyl sites for hydroxylation is 2. The van der Waals surface area contributed by atoms with Crippen LogP contribution < -0.4 is 5.32 Å². The number of hydrogen-bond acceptors (Lipinski definition) is 3. The third-order valence-electron chi connectivity index (χ3n) is 2.58. The summed E-state index contributed by atoms with van der Waals surface area (Å²) in [6, 6.07) is 7.94. The Balaban J connectivity index is 1.85. The van der Waals surface area contributed by atoms with Gasteiger partial charge in [0.25, 0.3) is 0 Å². The van der Waals surface area contributed by atoms with Crippen LogP contribution >= 0.6 is 0 Å². The summed E-state index contributed by atoms with van der Waals surface area (Å²) in [5.74, 6) is 0.596. The zero-order valence-electron chi connectivity index (χ0n) is 10.6. The van der Waals surface area contributed by atoms with E-state index in [0.717, 1.165) is 16.8 Å². The van der Waals surface area contributed by atoms with Crippen LogP contribution in [0.1, 0.15) is 22.7 Å². The van der Waals surface area contributed by atoms with Gasteiger partial charge < -0.3 is 9.73 Å². The first kappa shape index (κ1) is 12.4. The molecule has 1 aromatic heterocycles. The minimum absolute atomic E-state index is 0.0127. The van der Waals surface area contributed by atoms with Crippen molar-refractivity contribution < 1.29 is 9.21 Å². The second-order valence-corrected chi connectivity index (χ2v) is 4.30. The molecule has 2 aromatic rings. The molecule has 18 heavy (non-hydrogen) atoms. The lowest BCUT2D eigenvalue weighted by Gasteiger charge is -2.04. The molecular weight excluding hydrogens is 228 g/mol. The van der Waals surface area contributed by atoms with Crippen LogP contribution in [-0.4, -0.2) is 10.9 Å². The monoisotopic (exact) mass is 244 g/mol. The van der Waals surface area contributed by atoms with Crippen molar-refractivity contribution in [3.05, 3.63) is 53.2 Å². The average Bonchev–Trinajstić information content (AvgIpc) is 2.73. The highest BCUT2D eigenvalue weighted by Gasteiger charge is 2.05. The fourth-order valence-electron chi connectivity index (χ4n) is 1.75. The number of hydrogen-bond donors (Lipinski definition) is 1. The van der Waals surface area contributed by atoms with E-state index in [9.17, 15) is 4.79 Å². The van der Waals surface area contributed by atoms with E-state index in [0.29, 0.717) is 18.9 Å². The first-order valence-electron chi connectivity index (χ1n) is 5.87. The molecule has 0 saturated heterocycles. The third-order valence-corrected chi connectivity index (χ3v) is 2.58. The first-order valence-corrected chi connectivity index (χ1v) is 5.87. The number of amides is 1. The lowest BCUT2D eigenvalue weighted by atomic mass is 10.1. The normalized spacial score (nSPS) is 10.3. The van der Waals surface area contributed by atoms with Gasteiger partial charge in [0.2, 0.25) is 5.91 Å². The van der Waals surface area contributed by atoms with E-state index in [4.69, 9.17) is 4.42 Å². The summed E-state index contributed by atoms with van der Waals surface area (Å²) >= 11 is 0. The maximum Gasteiger partial charge on any atom is 0.224 e. The summed E-state index contributed by atoms with van der Waals surface area (Å²) < 4.78 is 5.07. The molecule has 0 radical (unpaired) electrons. The predicted octanol–water partition coefficient (Wildman–Crippen LogP) is 2.15. The molecule has 0 unspecified atom stereocenters. The number of carbonyl (C=O) groups excluding carboxylic acids is 1. The van der Waals surface area contributed by atoms with Crippen LogP contribution in [0.15, 0.2) is 34.9 Å². The van der Waals surface area contributed by atoms with Crippen molar-refractivity contribution in [3.8, 4) is 0 Å². The second-order valence-electron chi connectivity index (χ2n) is 4.30. The Morgan fingerprint density at radius 3 is 2.89 bits per heavy atom. The molecule has 0 fully saturated rings. The van der Waals surface area contributed by atoms with Gasteiger partial charge in [-0.3, -0.25) is 4.79 Å². The fourth-order valence-corrected chi connectivity index (χ4v) is 1.75. The number of carbonyl (C=O) groups is 1. The van der Waals surface area contributed by atoms with Gasteiger partial charge in [-0.05, 0) is 12.5 Å². The standard InChI is InChI=1S/C14H16N2O2/c1-10-4-3-5-12(6-10)7-14(17)15-8-13-9-18-11(2)16-13/h3-6,9H,7-8H2,1-2H3,(H,15,17). The zero-order valence-corrected chi connectivity index (χ0v) is 10.6. The number of benzene rings is 1. The Hall–Kier alpha value is -2.10. The van der Waals surface area contributed by atoms with Crippen LogP contribution in [0.25, 0.3) is 0 Å². The first-order chi connectivity index (χ1) is 8.63. The SMILES string of the molecule is Cc1cccc(CC(=O)NCc2coc(C)n2)c1. The van der Waals surface area contributed by atoms with Gasteiger partial charge in [-0.1, -0.05) is 29.8 Å². The molecule has 0 aliphatic rings. The molecule has 0 aliphatic carbocycles. The van der Waals surface area contributed by atoms with Crippen molar-refractivity contribution in [3.63, 3.8) is 0 Å². The molecule has 1 heterocycles. The molecule has 2 rings (SSSR count). The maximum absolute atomic E-state index is 11.7. The van der Waals surface area contributed by atoms with Crippen molar-refractivity contribution >= 4 is 5.91 Å². The number of nitrogens with one attached hydrogen (secondary N) is 1. The summed E-state index contributed by atoms with van der Waals surface area (Å²) in [5, 5.41) is 2.82. The van der Waals surface area contributed by atoms with Crippen LogP contribution in [0.2, 0.25) is 0 Å². The molecule has 94 valence electrons. The van der Waals surface area contributed by atoms with Crippen LogP contribution in [-0.2, 0) is 17.8 Å². The van der Waals surface area contributed by atoms with Gasteiger partial charge >= 0.3 is 0 Å². The van der Waals surface area contributed by atoms with Crippen molar-refractivity contribution in [1.29, 1.82) is 0 Å². The van der Waals surface area contributed by atoms with E-state index >= 15 is 0 Å². The van der Waals surface area contributed by atoms with Crippen LogP contribution in [0.3, 0.4) is 0 Å². The highest BCUT2D eigenvalue weighted by atomic mass is 16.3. The van der Waals surface area contributed by atoms with Gasteiger partial charge in [-0.25, -0.2) is 4.98 Å². The van der Waals surface area contributed by atoms with Crippen molar-refractivity contribution in [2.75, 3.05) is 0 Å². The average molecular weight is 244 g/mol. The number of oxazole rings is 1. The molecule has 0 atom stereocenters. The van der Waals surface area contributed by atoms with Crippen LogP contribution in [0.4, 0.5) is 0 Å². The molecule has 0 spiro atoms. The Morgan fingerprint density at radius 1 is 1.39 bits per heavy atom. The second kappa shape index (κ2) is 5.49. The Labute approximate surface area is 106 Å². The van der Waals surface area contributed by atoms with E-state index in [1.54, 1.807) is 13.2 Å². The van der Waals surface area contributed by atoms with E-state index in [-0.39, 0.29) is 5.91 Å². The van der Waals surface area contributed by atoms with Gasteiger partial charge in [0.1, 0.15) is 6.26 Å². The van der Waals surface area contributed by atoms with Gasteiger partial charge in [0.15, 0.2) is 5.89 Å². The summed E-state index contributed by atoms with van der Waals surface area (Å²) in [7, 11) is 0. The van der Waals surface area contributed by atoms with Crippen LogP contribution in [0, 0.1) is 13.8 Å². The third kappa shape index (κ3) is 3.45. The Kier molecular flexibility index (Phi) is 3.77. The molecule has 1 N–H and O–H groups in total. The topological polar surface area (TPSA) is 55.1 Å². The molecule has 4 heteroatoms. The minimum Gasteiger partial charge on any atom is -0.449 e. The Morgan fingerprint density at radius 2 is 2.22 bits per heavy atom. The summed E-state index contributed by atoms with van der Waals surface area (Å²) in [6.45, 7) is 4.19. The number of aromatic nitrogens is 1. The number of rotatable bonds is 4. The van der Waals surface area contributed by atoms with Gasteiger partial charge in [0, 0.05) is 6.92 Å². The van der Waals surface area contributed by atoms with Gasteiger partial charge in [-0.2, -0.15) is 0 Å². The van der Waals surface area contributed by atoms with E-state index in [1.807, 2.05) is 31.2 Å². The largest absolute Gasteiger partial charge is 0.449 e. The number of nitrogens with zero attached hydrogens (tertiary/aromatic N) is 1. The molecular formula is C14H16N2O2. The molecule has 0 saturated carbocycles. The fraction of sp³-hybridized carbons (Fsp3) is 0.286. The summed E-state index contributed by atoms with van der Waals surface area (Å²) in [5.41, 5.74) is 2.92. The maximum atomic E-state index is 11.7. The van der Waals surface area contributed by atoms with E-state index in [1.165, 1.54) is 0 Å². The summed E-state index contributed by atoms with van der Waals surface area (Å²) in [4.78, 5) is 15.9. The van der Waals surface area contributed by atoms with Crippen molar-refractivity contribution in [2.45, 2.75) is 26.8 Å². The quantitative estimate of drug-likeness (QED) is 0.896. The predicted molar refractivity (Wildman–Crippen MR) is 68.0 cm³/mol.